The molecule has 4 nitrogen and oxygen atoms in total. The summed E-state index contributed by atoms with van der Waals surface area (Å²) in [5.74, 6) is 0.570. The number of hydrogen-bond acceptors (Lipinski definition) is 4. The molecule has 0 saturated carbocycles. The highest BCUT2D eigenvalue weighted by Crippen LogP contribution is 2.19. The van der Waals surface area contributed by atoms with E-state index in [1.165, 1.54) is 11.1 Å². The summed E-state index contributed by atoms with van der Waals surface area (Å²) in [6.07, 6.45) is 1.82. The molecule has 0 fully saturated rings. The van der Waals surface area contributed by atoms with Gasteiger partial charge in [-0.2, -0.15) is 5.10 Å². The first kappa shape index (κ1) is 11.8. The lowest BCUT2D eigenvalue weighted by atomic mass is 10.1. The Morgan fingerprint density at radius 3 is 2.16 bits per heavy atom. The first-order valence-electron chi connectivity index (χ1n) is 6.41. The number of benzene rings is 1. The summed E-state index contributed by atoms with van der Waals surface area (Å²) >= 11 is 0. The van der Waals surface area contributed by atoms with Crippen LogP contribution in [0.1, 0.15) is 22.5 Å². The van der Waals surface area contributed by atoms with E-state index in [0.29, 0.717) is 5.95 Å². The summed E-state index contributed by atoms with van der Waals surface area (Å²) in [5.41, 5.74) is 8.73. The molecule has 1 aliphatic carbocycles. The van der Waals surface area contributed by atoms with Crippen molar-refractivity contribution < 1.29 is 0 Å². The quantitative estimate of drug-likeness (QED) is 0.836. The Labute approximate surface area is 112 Å². The van der Waals surface area contributed by atoms with E-state index in [1.54, 1.807) is 0 Å². The molecule has 0 radical (unpaired) electrons. The molecule has 1 aliphatic rings. The Morgan fingerprint density at radius 2 is 1.58 bits per heavy atom. The van der Waals surface area contributed by atoms with E-state index in [2.05, 4.69) is 44.8 Å². The summed E-state index contributed by atoms with van der Waals surface area (Å²) in [6.45, 7) is 3.91. The first-order chi connectivity index (χ1) is 9.20. The molecule has 0 spiro atoms. The maximum Gasteiger partial charge on any atom is 0.243 e. The number of aromatic nitrogens is 2. The van der Waals surface area contributed by atoms with Crippen LogP contribution in [0.3, 0.4) is 0 Å². The van der Waals surface area contributed by atoms with Crippen molar-refractivity contribution in [3.63, 3.8) is 0 Å². The molecule has 2 aromatic rings. The maximum atomic E-state index is 4.43. The Morgan fingerprint density at radius 1 is 1.00 bits per heavy atom. The van der Waals surface area contributed by atoms with Crippen LogP contribution < -0.4 is 5.43 Å². The topological polar surface area (TPSA) is 50.2 Å². The van der Waals surface area contributed by atoms with E-state index in [0.717, 1.165) is 29.9 Å². The Kier molecular flexibility index (Phi) is 2.99. The minimum atomic E-state index is 0.570. The Balaban J connectivity index is 1.75. The number of anilines is 1. The molecule has 0 amide bonds. The molecule has 1 heterocycles. The molecule has 0 aliphatic heterocycles. The van der Waals surface area contributed by atoms with Crippen LogP contribution in [0.2, 0.25) is 0 Å². The molecule has 19 heavy (non-hydrogen) atoms. The van der Waals surface area contributed by atoms with Crippen molar-refractivity contribution in [2.75, 3.05) is 5.43 Å². The van der Waals surface area contributed by atoms with E-state index in [4.69, 9.17) is 0 Å². The average Bonchev–Trinajstić information content (AvgIpc) is 2.78. The van der Waals surface area contributed by atoms with Crippen molar-refractivity contribution in [2.45, 2.75) is 26.7 Å². The molecular formula is C15H16N4. The van der Waals surface area contributed by atoms with Crippen molar-refractivity contribution in [3.05, 3.63) is 52.8 Å². The number of nitrogens with zero attached hydrogens (tertiary/aromatic N) is 3. The third-order valence-electron chi connectivity index (χ3n) is 3.20. The van der Waals surface area contributed by atoms with Gasteiger partial charge in [0.25, 0.3) is 0 Å². The van der Waals surface area contributed by atoms with Gasteiger partial charge >= 0.3 is 0 Å². The lowest BCUT2D eigenvalue weighted by Crippen LogP contribution is -2.05. The molecule has 1 aromatic carbocycles. The average molecular weight is 252 g/mol. The van der Waals surface area contributed by atoms with Crippen LogP contribution in [0.4, 0.5) is 5.95 Å². The van der Waals surface area contributed by atoms with E-state index >= 15 is 0 Å². The molecule has 3 rings (SSSR count). The summed E-state index contributed by atoms with van der Waals surface area (Å²) in [6, 6.07) is 10.4. The van der Waals surface area contributed by atoms with Crippen molar-refractivity contribution in [1.29, 1.82) is 0 Å². The van der Waals surface area contributed by atoms with Crippen molar-refractivity contribution in [3.8, 4) is 0 Å². The number of rotatable bonds is 2. The zero-order valence-electron chi connectivity index (χ0n) is 11.1. The second kappa shape index (κ2) is 4.80. The summed E-state index contributed by atoms with van der Waals surface area (Å²) in [4.78, 5) is 8.63. The second-order valence-electron chi connectivity index (χ2n) is 4.89. The van der Waals surface area contributed by atoms with Crippen LogP contribution >= 0.6 is 0 Å². The van der Waals surface area contributed by atoms with E-state index in [1.807, 2.05) is 19.9 Å². The molecule has 0 atom stereocenters. The van der Waals surface area contributed by atoms with Gasteiger partial charge in [-0.1, -0.05) is 24.3 Å². The number of aryl methyl sites for hydroxylation is 2. The van der Waals surface area contributed by atoms with Gasteiger partial charge in [0.05, 0.1) is 0 Å². The third kappa shape index (κ3) is 2.62. The van der Waals surface area contributed by atoms with Gasteiger partial charge in [-0.3, -0.25) is 0 Å². The molecule has 0 bridgehead atoms. The number of fused-ring (bicyclic) bond motifs is 1. The van der Waals surface area contributed by atoms with Gasteiger partial charge in [0.2, 0.25) is 5.95 Å². The number of hydrazone groups is 1. The normalized spacial score (nSPS) is 13.3. The van der Waals surface area contributed by atoms with Gasteiger partial charge in [-0.25, -0.2) is 15.4 Å². The van der Waals surface area contributed by atoms with Gasteiger partial charge in [0.15, 0.2) is 0 Å². The maximum absolute atomic E-state index is 4.43. The first-order valence-corrected chi connectivity index (χ1v) is 6.41. The lowest BCUT2D eigenvalue weighted by Gasteiger charge is -2.02. The highest BCUT2D eigenvalue weighted by atomic mass is 15.4. The summed E-state index contributed by atoms with van der Waals surface area (Å²) < 4.78 is 0. The van der Waals surface area contributed by atoms with Gasteiger partial charge in [-0.15, -0.1) is 0 Å². The zero-order valence-corrected chi connectivity index (χ0v) is 11.1. The standard InChI is InChI=1S/C15H16N4/c1-10-7-11(2)17-15(16-10)19-18-14-8-12-5-3-4-6-13(12)9-14/h3-7H,8-9H2,1-2H3,(H,16,17,19). The number of nitrogens with one attached hydrogen (secondary N) is 1. The fourth-order valence-corrected chi connectivity index (χ4v) is 2.39. The van der Waals surface area contributed by atoms with E-state index in [9.17, 15) is 0 Å². The van der Waals surface area contributed by atoms with Crippen molar-refractivity contribution in [1.82, 2.24) is 9.97 Å². The third-order valence-corrected chi connectivity index (χ3v) is 3.20. The predicted octanol–water partition coefficient (Wildman–Crippen LogP) is 2.66. The van der Waals surface area contributed by atoms with Gasteiger partial charge < -0.3 is 0 Å². The van der Waals surface area contributed by atoms with Crippen LogP contribution in [0.25, 0.3) is 0 Å². The predicted molar refractivity (Wildman–Crippen MR) is 76.4 cm³/mol. The molecule has 0 unspecified atom stereocenters. The largest absolute Gasteiger partial charge is 0.245 e. The van der Waals surface area contributed by atoms with E-state index in [-0.39, 0.29) is 0 Å². The van der Waals surface area contributed by atoms with Crippen LogP contribution in [0, 0.1) is 13.8 Å². The van der Waals surface area contributed by atoms with Crippen LogP contribution in [0.15, 0.2) is 35.4 Å². The van der Waals surface area contributed by atoms with Crippen molar-refractivity contribution in [2.24, 2.45) is 5.10 Å². The molecule has 0 saturated heterocycles. The van der Waals surface area contributed by atoms with Gasteiger partial charge in [0, 0.05) is 29.9 Å². The lowest BCUT2D eigenvalue weighted by molar-refractivity contribution is 1.03. The molecule has 96 valence electrons. The molecule has 1 N–H and O–H groups in total. The fraction of sp³-hybridized carbons (Fsp3) is 0.267. The fourth-order valence-electron chi connectivity index (χ4n) is 2.39. The zero-order chi connectivity index (χ0) is 13.2. The second-order valence-corrected chi connectivity index (χ2v) is 4.89. The minimum Gasteiger partial charge on any atom is -0.245 e. The Hall–Kier alpha value is -2.23. The SMILES string of the molecule is Cc1cc(C)nc(NN=C2Cc3ccccc3C2)n1. The van der Waals surface area contributed by atoms with Crippen LogP contribution in [0.5, 0.6) is 0 Å². The van der Waals surface area contributed by atoms with Crippen molar-refractivity contribution >= 4 is 11.7 Å². The summed E-state index contributed by atoms with van der Waals surface area (Å²) in [7, 11) is 0. The van der Waals surface area contributed by atoms with E-state index < -0.39 is 0 Å². The Bertz CT molecular complexity index is 599. The highest BCUT2D eigenvalue weighted by molar-refractivity contribution is 5.93. The minimum absolute atomic E-state index is 0.570. The van der Waals surface area contributed by atoms with Crippen LogP contribution in [-0.4, -0.2) is 15.7 Å². The summed E-state index contributed by atoms with van der Waals surface area (Å²) in [5, 5.41) is 4.43. The molecule has 4 heteroatoms. The number of hydrogen-bond donors (Lipinski definition) is 1. The molecular weight excluding hydrogens is 236 g/mol. The molecule has 1 aromatic heterocycles. The van der Waals surface area contributed by atoms with Gasteiger partial charge in [-0.05, 0) is 31.0 Å². The smallest absolute Gasteiger partial charge is 0.243 e. The van der Waals surface area contributed by atoms with Crippen LogP contribution in [-0.2, 0) is 12.8 Å². The van der Waals surface area contributed by atoms with Gasteiger partial charge in [0.1, 0.15) is 0 Å². The highest BCUT2D eigenvalue weighted by Gasteiger charge is 2.15. The monoisotopic (exact) mass is 252 g/mol.